The first-order chi connectivity index (χ1) is 9.35. The molecular weight excluding hydrogens is 283 g/mol. The summed E-state index contributed by atoms with van der Waals surface area (Å²) in [5, 5.41) is 3.07. The van der Waals surface area contributed by atoms with Gasteiger partial charge in [-0.2, -0.15) is 0 Å². The third kappa shape index (κ3) is 2.77. The quantitative estimate of drug-likeness (QED) is 0.929. The zero-order valence-corrected chi connectivity index (χ0v) is 12.1. The third-order valence-corrected chi connectivity index (χ3v) is 3.95. The fourth-order valence-electron chi connectivity index (χ4n) is 2.23. The molecule has 1 aromatic carbocycles. The van der Waals surface area contributed by atoms with Crippen LogP contribution in [-0.4, -0.2) is 28.8 Å². The molecular formula is C14H16ClFN2O2. The molecule has 0 saturated carbocycles. The van der Waals surface area contributed by atoms with Crippen molar-refractivity contribution in [3.8, 4) is 0 Å². The molecule has 1 N–H and O–H groups in total. The van der Waals surface area contributed by atoms with Crippen molar-refractivity contribution in [2.45, 2.75) is 32.4 Å². The molecule has 0 spiro atoms. The Morgan fingerprint density at radius 2 is 2.15 bits per heavy atom. The van der Waals surface area contributed by atoms with Crippen LogP contribution in [-0.2, 0) is 16.1 Å². The van der Waals surface area contributed by atoms with Gasteiger partial charge in [0.15, 0.2) is 0 Å². The molecule has 1 aliphatic heterocycles. The lowest BCUT2D eigenvalue weighted by Gasteiger charge is -2.39. The molecule has 0 aromatic heterocycles. The second kappa shape index (κ2) is 5.40. The number of carbonyl (C=O) groups excluding carboxylic acids is 2. The van der Waals surface area contributed by atoms with Crippen LogP contribution in [0.3, 0.4) is 0 Å². The molecule has 1 aliphatic rings. The van der Waals surface area contributed by atoms with Crippen molar-refractivity contribution in [2.24, 2.45) is 0 Å². The number of hydrogen-bond donors (Lipinski definition) is 1. The largest absolute Gasteiger partial charge is 0.340 e. The van der Waals surface area contributed by atoms with Crippen LogP contribution in [0, 0.1) is 5.82 Å². The van der Waals surface area contributed by atoms with Crippen LogP contribution in [0.15, 0.2) is 18.2 Å². The molecule has 1 unspecified atom stereocenters. The highest BCUT2D eigenvalue weighted by Crippen LogP contribution is 2.23. The first kappa shape index (κ1) is 14.8. The van der Waals surface area contributed by atoms with Crippen LogP contribution < -0.4 is 5.32 Å². The number of halogens is 2. The average Bonchev–Trinajstić information content (AvgIpc) is 2.39. The van der Waals surface area contributed by atoms with Crippen LogP contribution in [0.2, 0.25) is 5.02 Å². The first-order valence-electron chi connectivity index (χ1n) is 6.40. The minimum Gasteiger partial charge on any atom is -0.340 e. The fraction of sp³-hybridized carbons (Fsp3) is 0.429. The van der Waals surface area contributed by atoms with E-state index in [1.54, 1.807) is 6.92 Å². The van der Waals surface area contributed by atoms with Crippen LogP contribution in [0.1, 0.15) is 25.8 Å². The summed E-state index contributed by atoms with van der Waals surface area (Å²) >= 11 is 6.00. The van der Waals surface area contributed by atoms with Gasteiger partial charge in [-0.15, -0.1) is 0 Å². The molecule has 1 aromatic rings. The van der Waals surface area contributed by atoms with Crippen molar-refractivity contribution in [3.63, 3.8) is 0 Å². The number of amides is 2. The summed E-state index contributed by atoms with van der Waals surface area (Å²) in [7, 11) is 0. The van der Waals surface area contributed by atoms with Gasteiger partial charge >= 0.3 is 0 Å². The van der Waals surface area contributed by atoms with Gasteiger partial charge in [-0.1, -0.05) is 18.5 Å². The van der Waals surface area contributed by atoms with E-state index in [1.165, 1.54) is 23.1 Å². The molecule has 2 rings (SSSR count). The van der Waals surface area contributed by atoms with E-state index in [0.717, 1.165) is 0 Å². The smallest absolute Gasteiger partial charge is 0.248 e. The molecule has 4 nitrogen and oxygen atoms in total. The number of benzene rings is 1. The molecule has 1 atom stereocenters. The number of nitrogens with one attached hydrogen (secondary N) is 1. The number of carbonyl (C=O) groups is 2. The van der Waals surface area contributed by atoms with E-state index >= 15 is 0 Å². The summed E-state index contributed by atoms with van der Waals surface area (Å²) in [4.78, 5) is 25.5. The van der Waals surface area contributed by atoms with Gasteiger partial charge in [-0.3, -0.25) is 9.59 Å². The lowest BCUT2D eigenvalue weighted by Crippen LogP contribution is -2.64. The third-order valence-electron chi connectivity index (χ3n) is 3.59. The lowest BCUT2D eigenvalue weighted by atomic mass is 9.94. The normalized spacial score (nSPS) is 22.9. The number of rotatable bonds is 3. The topological polar surface area (TPSA) is 49.4 Å². The minimum absolute atomic E-state index is 0.0404. The Morgan fingerprint density at radius 1 is 1.45 bits per heavy atom. The van der Waals surface area contributed by atoms with Gasteiger partial charge in [0.25, 0.3) is 0 Å². The van der Waals surface area contributed by atoms with Crippen LogP contribution in [0.25, 0.3) is 0 Å². The first-order valence-corrected chi connectivity index (χ1v) is 6.78. The highest BCUT2D eigenvalue weighted by Gasteiger charge is 2.41. The second-order valence-corrected chi connectivity index (χ2v) is 5.54. The predicted octanol–water partition coefficient (Wildman–Crippen LogP) is 2.11. The Bertz CT molecular complexity index is 564. The van der Waals surface area contributed by atoms with Gasteiger partial charge < -0.3 is 10.2 Å². The van der Waals surface area contributed by atoms with Crippen LogP contribution in [0.4, 0.5) is 4.39 Å². The summed E-state index contributed by atoms with van der Waals surface area (Å²) in [6.07, 6.45) is 0.491. The molecule has 2 amide bonds. The van der Waals surface area contributed by atoms with E-state index in [1.807, 2.05) is 6.92 Å². The fourth-order valence-corrected chi connectivity index (χ4v) is 2.41. The minimum atomic E-state index is -0.908. The van der Waals surface area contributed by atoms with Crippen LogP contribution >= 0.6 is 11.6 Å². The maximum Gasteiger partial charge on any atom is 0.248 e. The van der Waals surface area contributed by atoms with Crippen molar-refractivity contribution in [2.75, 3.05) is 6.54 Å². The molecule has 108 valence electrons. The zero-order chi connectivity index (χ0) is 14.9. The monoisotopic (exact) mass is 298 g/mol. The second-order valence-electron chi connectivity index (χ2n) is 5.13. The number of hydrogen-bond acceptors (Lipinski definition) is 2. The SMILES string of the molecule is CCC1(C)NC(=O)CN(Cc2cc(F)ccc2Cl)C1=O. The van der Waals surface area contributed by atoms with Gasteiger partial charge in [-0.25, -0.2) is 4.39 Å². The van der Waals surface area contributed by atoms with E-state index in [2.05, 4.69) is 5.32 Å². The van der Waals surface area contributed by atoms with E-state index < -0.39 is 11.4 Å². The number of piperazine rings is 1. The van der Waals surface area contributed by atoms with Gasteiger partial charge in [-0.05, 0) is 37.1 Å². The summed E-state index contributed by atoms with van der Waals surface area (Å²) in [5.41, 5.74) is -0.414. The van der Waals surface area contributed by atoms with Gasteiger partial charge in [0, 0.05) is 11.6 Å². The Morgan fingerprint density at radius 3 is 2.80 bits per heavy atom. The average molecular weight is 299 g/mol. The van der Waals surface area contributed by atoms with Crippen molar-refractivity contribution in [1.82, 2.24) is 10.2 Å². The maximum absolute atomic E-state index is 13.3. The zero-order valence-electron chi connectivity index (χ0n) is 11.4. The van der Waals surface area contributed by atoms with Crippen molar-refractivity contribution in [1.29, 1.82) is 0 Å². The lowest BCUT2D eigenvalue weighted by molar-refractivity contribution is -0.149. The molecule has 0 bridgehead atoms. The Labute approximate surface area is 121 Å². The van der Waals surface area contributed by atoms with E-state index in [9.17, 15) is 14.0 Å². The standard InChI is InChI=1S/C14H16ClFN2O2/c1-3-14(2)13(20)18(8-12(19)17-14)7-9-6-10(16)4-5-11(9)15/h4-6H,3,7-8H2,1-2H3,(H,17,19). The van der Waals surface area contributed by atoms with Crippen molar-refractivity contribution < 1.29 is 14.0 Å². The Balaban J connectivity index is 2.26. The molecule has 1 saturated heterocycles. The summed E-state index contributed by atoms with van der Waals surface area (Å²) in [6.45, 7) is 3.60. The predicted molar refractivity (Wildman–Crippen MR) is 73.7 cm³/mol. The van der Waals surface area contributed by atoms with Crippen molar-refractivity contribution in [3.05, 3.63) is 34.6 Å². The summed E-state index contributed by atoms with van der Waals surface area (Å²) < 4.78 is 13.3. The van der Waals surface area contributed by atoms with Gasteiger partial charge in [0.05, 0.1) is 6.54 Å². The summed E-state index contributed by atoms with van der Waals surface area (Å²) in [6, 6.07) is 3.98. The van der Waals surface area contributed by atoms with E-state index in [4.69, 9.17) is 11.6 Å². The molecule has 1 fully saturated rings. The van der Waals surface area contributed by atoms with Crippen molar-refractivity contribution >= 4 is 23.4 Å². The number of nitrogens with zero attached hydrogens (tertiary/aromatic N) is 1. The summed E-state index contributed by atoms with van der Waals surface area (Å²) in [5.74, 6) is -0.821. The molecule has 20 heavy (non-hydrogen) atoms. The van der Waals surface area contributed by atoms with E-state index in [-0.39, 0.29) is 24.9 Å². The highest BCUT2D eigenvalue weighted by molar-refractivity contribution is 6.31. The van der Waals surface area contributed by atoms with Crippen LogP contribution in [0.5, 0.6) is 0 Å². The van der Waals surface area contributed by atoms with E-state index in [0.29, 0.717) is 17.0 Å². The molecule has 1 heterocycles. The Kier molecular flexibility index (Phi) is 3.99. The van der Waals surface area contributed by atoms with Gasteiger partial charge in [0.2, 0.25) is 11.8 Å². The maximum atomic E-state index is 13.3. The molecule has 6 heteroatoms. The highest BCUT2D eigenvalue weighted by atomic mass is 35.5. The molecule has 0 radical (unpaired) electrons. The molecule has 0 aliphatic carbocycles. The Hall–Kier alpha value is -1.62. The van der Waals surface area contributed by atoms with Gasteiger partial charge in [0.1, 0.15) is 11.4 Å².